The van der Waals surface area contributed by atoms with Crippen molar-refractivity contribution in [3.8, 4) is 0 Å². The van der Waals surface area contributed by atoms with Crippen molar-refractivity contribution in [2.75, 3.05) is 0 Å². The summed E-state index contributed by atoms with van der Waals surface area (Å²) in [6.07, 6.45) is 16.8. The Kier molecular flexibility index (Phi) is 16.9. The molecule has 4 nitrogen and oxygen atoms in total. The van der Waals surface area contributed by atoms with Gasteiger partial charge in [0.25, 0.3) is 10.1 Å². The molecule has 0 aromatic carbocycles. The molecule has 0 saturated carbocycles. The summed E-state index contributed by atoms with van der Waals surface area (Å²) in [5, 5.41) is 9.31. The summed E-state index contributed by atoms with van der Waals surface area (Å²) in [5.74, 6) is 0. The van der Waals surface area contributed by atoms with Crippen LogP contribution in [0.25, 0.3) is 0 Å². The smallest absolute Gasteiger partial charge is 0.267 e. The Bertz CT molecular complexity index is 395. The first kappa shape index (κ1) is 25.9. The number of hydrogen-bond acceptors (Lipinski definition) is 3. The van der Waals surface area contributed by atoms with Gasteiger partial charge < -0.3 is 5.11 Å². The SMILES string of the molecule is CCCCCCCCCCCC(CCC(O)CCCCCC)S(=O)(=O)O. The van der Waals surface area contributed by atoms with E-state index >= 15 is 0 Å². The van der Waals surface area contributed by atoms with E-state index in [-0.39, 0.29) is 0 Å². The van der Waals surface area contributed by atoms with Crippen LogP contribution in [0.1, 0.15) is 123 Å². The number of rotatable bonds is 19. The molecule has 0 aliphatic carbocycles. The third-order valence-corrected chi connectivity index (χ3v) is 6.58. The van der Waals surface area contributed by atoms with Gasteiger partial charge in [-0.05, 0) is 25.7 Å². The van der Waals surface area contributed by atoms with Gasteiger partial charge in [-0.15, -0.1) is 0 Å². The fourth-order valence-electron chi connectivity index (χ4n) is 3.45. The monoisotopic (exact) mass is 392 g/mol. The lowest BCUT2D eigenvalue weighted by Gasteiger charge is -2.16. The fourth-order valence-corrected chi connectivity index (χ4v) is 4.35. The summed E-state index contributed by atoms with van der Waals surface area (Å²) in [6.45, 7) is 4.37. The standard InChI is InChI=1S/C21H44O4S/c1-3-5-7-9-10-11-12-13-15-17-21(26(23,24)25)19-18-20(22)16-14-8-6-4-2/h20-22H,3-19H2,1-2H3,(H,23,24,25). The van der Waals surface area contributed by atoms with Crippen molar-refractivity contribution in [2.24, 2.45) is 0 Å². The molecule has 0 aromatic heterocycles. The van der Waals surface area contributed by atoms with E-state index < -0.39 is 21.5 Å². The Morgan fingerprint density at radius 1 is 0.615 bits per heavy atom. The maximum atomic E-state index is 11.6. The van der Waals surface area contributed by atoms with Gasteiger partial charge in [0.1, 0.15) is 0 Å². The molecule has 0 aliphatic heterocycles. The highest BCUT2D eigenvalue weighted by Crippen LogP contribution is 2.20. The summed E-state index contributed by atoms with van der Waals surface area (Å²) in [6, 6.07) is 0. The van der Waals surface area contributed by atoms with E-state index in [4.69, 9.17) is 0 Å². The van der Waals surface area contributed by atoms with Crippen molar-refractivity contribution in [1.29, 1.82) is 0 Å². The predicted molar refractivity (Wildman–Crippen MR) is 111 cm³/mol. The minimum atomic E-state index is -4.01. The van der Waals surface area contributed by atoms with E-state index in [1.165, 1.54) is 51.4 Å². The first-order chi connectivity index (χ1) is 12.4. The summed E-state index contributed by atoms with van der Waals surface area (Å²) in [5.41, 5.74) is 0. The van der Waals surface area contributed by atoms with Crippen molar-refractivity contribution in [1.82, 2.24) is 0 Å². The Labute approximate surface area is 162 Å². The average molecular weight is 393 g/mol. The van der Waals surface area contributed by atoms with Crippen molar-refractivity contribution in [3.05, 3.63) is 0 Å². The third-order valence-electron chi connectivity index (χ3n) is 5.26. The molecule has 0 fully saturated rings. The second kappa shape index (κ2) is 17.0. The third kappa shape index (κ3) is 16.1. The highest BCUT2D eigenvalue weighted by atomic mass is 32.2. The second-order valence-electron chi connectivity index (χ2n) is 7.83. The van der Waals surface area contributed by atoms with Gasteiger partial charge in [0.15, 0.2) is 0 Å². The maximum absolute atomic E-state index is 11.6. The van der Waals surface area contributed by atoms with Gasteiger partial charge in [0.05, 0.1) is 11.4 Å². The zero-order valence-electron chi connectivity index (χ0n) is 17.3. The zero-order chi connectivity index (χ0) is 19.7. The average Bonchev–Trinajstić information content (AvgIpc) is 2.58. The molecule has 0 spiro atoms. The molecule has 5 heteroatoms. The topological polar surface area (TPSA) is 74.6 Å². The van der Waals surface area contributed by atoms with Crippen LogP contribution in [-0.4, -0.2) is 29.4 Å². The van der Waals surface area contributed by atoms with Gasteiger partial charge in [-0.3, -0.25) is 4.55 Å². The van der Waals surface area contributed by atoms with Crippen LogP contribution < -0.4 is 0 Å². The van der Waals surface area contributed by atoms with Gasteiger partial charge in [0, 0.05) is 0 Å². The minimum absolute atomic E-state index is 0.366. The number of hydrogen-bond donors (Lipinski definition) is 2. The first-order valence-electron chi connectivity index (χ1n) is 11.1. The lowest BCUT2D eigenvalue weighted by atomic mass is 10.0. The summed E-state index contributed by atoms with van der Waals surface area (Å²) >= 11 is 0. The summed E-state index contributed by atoms with van der Waals surface area (Å²) < 4.78 is 32.6. The molecule has 0 amide bonds. The fraction of sp³-hybridized carbons (Fsp3) is 1.00. The largest absolute Gasteiger partial charge is 0.393 e. The zero-order valence-corrected chi connectivity index (χ0v) is 18.1. The molecule has 0 radical (unpaired) electrons. The molecule has 0 bridgehead atoms. The lowest BCUT2D eigenvalue weighted by molar-refractivity contribution is 0.147. The number of aliphatic hydroxyl groups is 1. The molecular formula is C21H44O4S. The minimum Gasteiger partial charge on any atom is -0.393 e. The van der Waals surface area contributed by atoms with E-state index in [1.807, 2.05) is 0 Å². The predicted octanol–water partition coefficient (Wildman–Crippen LogP) is 6.28. The van der Waals surface area contributed by atoms with Crippen molar-refractivity contribution < 1.29 is 18.1 Å². The van der Waals surface area contributed by atoms with Crippen LogP contribution >= 0.6 is 0 Å². The summed E-state index contributed by atoms with van der Waals surface area (Å²) in [4.78, 5) is 0. The first-order valence-corrected chi connectivity index (χ1v) is 12.6. The van der Waals surface area contributed by atoms with Gasteiger partial charge in [-0.1, -0.05) is 97.3 Å². The lowest BCUT2D eigenvalue weighted by Crippen LogP contribution is -2.22. The molecule has 0 saturated heterocycles. The van der Waals surface area contributed by atoms with E-state index in [0.717, 1.165) is 38.5 Å². The quantitative estimate of drug-likeness (QED) is 0.200. The van der Waals surface area contributed by atoms with Gasteiger partial charge in [-0.25, -0.2) is 0 Å². The van der Waals surface area contributed by atoms with Crippen molar-refractivity contribution in [2.45, 2.75) is 134 Å². The van der Waals surface area contributed by atoms with Crippen LogP contribution in [0.2, 0.25) is 0 Å². The van der Waals surface area contributed by atoms with Gasteiger partial charge in [0.2, 0.25) is 0 Å². The number of unbranched alkanes of at least 4 members (excludes halogenated alkanes) is 11. The molecular weight excluding hydrogens is 348 g/mol. The second-order valence-corrected chi connectivity index (χ2v) is 9.53. The Balaban J connectivity index is 3.87. The molecule has 2 unspecified atom stereocenters. The number of aliphatic hydroxyl groups excluding tert-OH is 1. The molecule has 0 aliphatic rings. The summed E-state index contributed by atoms with van der Waals surface area (Å²) in [7, 11) is -4.01. The molecule has 0 heterocycles. The van der Waals surface area contributed by atoms with E-state index in [1.54, 1.807) is 0 Å². The van der Waals surface area contributed by atoms with Crippen LogP contribution in [0.3, 0.4) is 0 Å². The molecule has 0 aromatic rings. The Morgan fingerprint density at radius 3 is 1.54 bits per heavy atom. The molecule has 2 atom stereocenters. The van der Waals surface area contributed by atoms with Gasteiger partial charge >= 0.3 is 0 Å². The van der Waals surface area contributed by atoms with Crippen molar-refractivity contribution in [3.63, 3.8) is 0 Å². The maximum Gasteiger partial charge on any atom is 0.267 e. The molecule has 158 valence electrons. The van der Waals surface area contributed by atoms with Crippen LogP contribution in [0.15, 0.2) is 0 Å². The van der Waals surface area contributed by atoms with Crippen LogP contribution in [0.4, 0.5) is 0 Å². The normalized spacial score (nSPS) is 14.5. The molecule has 26 heavy (non-hydrogen) atoms. The Hall–Kier alpha value is -0.130. The van der Waals surface area contributed by atoms with E-state index in [2.05, 4.69) is 13.8 Å². The van der Waals surface area contributed by atoms with Gasteiger partial charge in [-0.2, -0.15) is 8.42 Å². The molecule has 2 N–H and O–H groups in total. The highest BCUT2D eigenvalue weighted by molar-refractivity contribution is 7.86. The molecule has 0 rings (SSSR count). The Morgan fingerprint density at radius 2 is 1.04 bits per heavy atom. The van der Waals surface area contributed by atoms with Crippen LogP contribution in [0, 0.1) is 0 Å². The van der Waals surface area contributed by atoms with Crippen LogP contribution in [0.5, 0.6) is 0 Å². The van der Waals surface area contributed by atoms with Crippen LogP contribution in [-0.2, 0) is 10.1 Å². The van der Waals surface area contributed by atoms with Crippen molar-refractivity contribution >= 4 is 10.1 Å². The van der Waals surface area contributed by atoms with E-state index in [9.17, 15) is 18.1 Å². The van der Waals surface area contributed by atoms with E-state index in [0.29, 0.717) is 19.3 Å². The highest BCUT2D eigenvalue weighted by Gasteiger charge is 2.23.